The SMILES string of the molecule is C=CCS(=O)(=O)O.[Br-].[Na+]. The summed E-state index contributed by atoms with van der Waals surface area (Å²) in [6.45, 7) is 3.11. The number of hydrogen-bond donors (Lipinski definition) is 1. The van der Waals surface area contributed by atoms with Crippen molar-refractivity contribution in [1.82, 2.24) is 0 Å². The second-order valence-corrected chi connectivity index (χ2v) is 2.53. The first kappa shape index (κ1) is 16.6. The molecule has 0 rings (SSSR count). The summed E-state index contributed by atoms with van der Waals surface area (Å²) in [4.78, 5) is 0. The number of hydrogen-bond acceptors (Lipinski definition) is 2. The summed E-state index contributed by atoms with van der Waals surface area (Å²) < 4.78 is 27.3. The first-order valence-electron chi connectivity index (χ1n) is 1.62. The minimum atomic E-state index is -3.79. The van der Waals surface area contributed by atoms with Gasteiger partial charge in [0, 0.05) is 0 Å². The van der Waals surface area contributed by atoms with Crippen molar-refractivity contribution in [3.05, 3.63) is 12.7 Å². The van der Waals surface area contributed by atoms with Crippen LogP contribution in [0.2, 0.25) is 0 Å². The van der Waals surface area contributed by atoms with Gasteiger partial charge in [-0.25, -0.2) is 0 Å². The molecule has 0 aromatic rings. The molecule has 0 aliphatic heterocycles. The molecule has 0 atom stereocenters. The van der Waals surface area contributed by atoms with E-state index in [0.29, 0.717) is 0 Å². The fraction of sp³-hybridized carbons (Fsp3) is 0.333. The summed E-state index contributed by atoms with van der Waals surface area (Å²) in [5.41, 5.74) is 0. The zero-order chi connectivity index (χ0) is 5.91. The van der Waals surface area contributed by atoms with Crippen LogP contribution < -0.4 is 46.5 Å². The molecule has 0 aromatic heterocycles. The molecule has 0 aliphatic carbocycles. The Labute approximate surface area is 87.3 Å². The van der Waals surface area contributed by atoms with E-state index in [1.165, 1.54) is 0 Å². The molecule has 0 saturated carbocycles. The average Bonchev–Trinajstić information content (AvgIpc) is 1.30. The maximum atomic E-state index is 9.72. The number of halogens is 1. The number of rotatable bonds is 2. The second-order valence-electron chi connectivity index (χ2n) is 1.04. The average molecular weight is 225 g/mol. The van der Waals surface area contributed by atoms with E-state index in [2.05, 4.69) is 6.58 Å². The predicted octanol–water partition coefficient (Wildman–Crippen LogP) is -5.93. The summed E-state index contributed by atoms with van der Waals surface area (Å²) in [6.07, 6.45) is 1.12. The van der Waals surface area contributed by atoms with Crippen molar-refractivity contribution in [3.63, 3.8) is 0 Å². The van der Waals surface area contributed by atoms with E-state index in [0.717, 1.165) is 6.08 Å². The van der Waals surface area contributed by atoms with Gasteiger partial charge in [-0.15, -0.1) is 6.58 Å². The van der Waals surface area contributed by atoms with Gasteiger partial charge in [0.2, 0.25) is 0 Å². The van der Waals surface area contributed by atoms with Crippen molar-refractivity contribution >= 4 is 10.1 Å². The Kier molecular flexibility index (Phi) is 13.4. The quantitative estimate of drug-likeness (QED) is 0.289. The smallest absolute Gasteiger partial charge is 1.00 e. The molecule has 0 amide bonds. The second kappa shape index (κ2) is 7.24. The van der Waals surface area contributed by atoms with Crippen LogP contribution in [0.5, 0.6) is 0 Å². The van der Waals surface area contributed by atoms with E-state index in [-0.39, 0.29) is 52.3 Å². The van der Waals surface area contributed by atoms with E-state index in [4.69, 9.17) is 4.55 Å². The molecule has 0 heterocycles. The molecule has 3 nitrogen and oxygen atoms in total. The molecule has 0 bridgehead atoms. The standard InChI is InChI=1S/C3H6O3S.BrH.Na/c1-2-3-7(4,5)6;;/h2H,1,3H2,(H,4,5,6);1H;/q;;+1/p-1. The molecule has 1 N–H and O–H groups in total. The zero-order valence-corrected chi connectivity index (χ0v) is 9.44. The van der Waals surface area contributed by atoms with Crippen molar-refractivity contribution in [2.24, 2.45) is 0 Å². The molecule has 0 fully saturated rings. The van der Waals surface area contributed by atoms with E-state index >= 15 is 0 Å². The maximum Gasteiger partial charge on any atom is 1.00 e. The van der Waals surface area contributed by atoms with Gasteiger partial charge in [-0.2, -0.15) is 8.42 Å². The Morgan fingerprint density at radius 3 is 1.89 bits per heavy atom. The molecule has 0 unspecified atom stereocenters. The monoisotopic (exact) mass is 224 g/mol. The van der Waals surface area contributed by atoms with Crippen LogP contribution in [-0.4, -0.2) is 18.7 Å². The normalized spacial score (nSPS) is 8.56. The van der Waals surface area contributed by atoms with Gasteiger partial charge in [0.15, 0.2) is 0 Å². The minimum absolute atomic E-state index is 0. The fourth-order valence-electron chi connectivity index (χ4n) is 0.149. The first-order valence-corrected chi connectivity index (χ1v) is 3.23. The summed E-state index contributed by atoms with van der Waals surface area (Å²) in [5.74, 6) is -0.368. The Morgan fingerprint density at radius 2 is 1.89 bits per heavy atom. The summed E-state index contributed by atoms with van der Waals surface area (Å²) in [6, 6.07) is 0. The van der Waals surface area contributed by atoms with Crippen molar-refractivity contribution in [3.8, 4) is 0 Å². The van der Waals surface area contributed by atoms with E-state index in [9.17, 15) is 8.42 Å². The summed E-state index contributed by atoms with van der Waals surface area (Å²) >= 11 is 0. The van der Waals surface area contributed by atoms with Crippen molar-refractivity contribution in [2.45, 2.75) is 0 Å². The summed E-state index contributed by atoms with van der Waals surface area (Å²) in [5, 5.41) is 0. The van der Waals surface area contributed by atoms with Gasteiger partial charge in [-0.3, -0.25) is 4.55 Å². The third kappa shape index (κ3) is 17.6. The molecule has 0 aliphatic rings. The molecule has 0 radical (unpaired) electrons. The molecule has 9 heavy (non-hydrogen) atoms. The molecule has 0 saturated heterocycles. The maximum absolute atomic E-state index is 9.72. The van der Waals surface area contributed by atoms with Crippen LogP contribution in [-0.2, 0) is 10.1 Å². The third-order valence-electron chi connectivity index (χ3n) is 0.328. The van der Waals surface area contributed by atoms with Crippen molar-refractivity contribution < 1.29 is 59.5 Å². The molecule has 0 spiro atoms. The van der Waals surface area contributed by atoms with Crippen LogP contribution in [0.15, 0.2) is 12.7 Å². The molecule has 50 valence electrons. The van der Waals surface area contributed by atoms with Crippen LogP contribution >= 0.6 is 0 Å². The van der Waals surface area contributed by atoms with Gasteiger partial charge in [-0.05, 0) is 0 Å². The Balaban J connectivity index is -0.000000180. The van der Waals surface area contributed by atoms with Crippen molar-refractivity contribution in [1.29, 1.82) is 0 Å². The van der Waals surface area contributed by atoms with Crippen LogP contribution in [0.1, 0.15) is 0 Å². The predicted molar refractivity (Wildman–Crippen MR) is 26.6 cm³/mol. The van der Waals surface area contributed by atoms with Crippen LogP contribution in [0.25, 0.3) is 0 Å². The van der Waals surface area contributed by atoms with Gasteiger partial charge < -0.3 is 17.0 Å². The fourth-order valence-corrected chi connectivity index (χ4v) is 0.447. The first-order chi connectivity index (χ1) is 3.06. The topological polar surface area (TPSA) is 54.4 Å². The Bertz CT molecular complexity index is 152. The van der Waals surface area contributed by atoms with Gasteiger partial charge in [-0.1, -0.05) is 6.08 Å². The van der Waals surface area contributed by atoms with Crippen LogP contribution in [0.3, 0.4) is 0 Å². The Hall–Kier alpha value is 1.13. The molecular formula is C3H6BrNaO3S. The van der Waals surface area contributed by atoms with E-state index in [1.807, 2.05) is 0 Å². The minimum Gasteiger partial charge on any atom is -1.00 e. The van der Waals surface area contributed by atoms with Crippen molar-refractivity contribution in [2.75, 3.05) is 5.75 Å². The molecular weight excluding hydrogens is 219 g/mol. The molecule has 6 heteroatoms. The van der Waals surface area contributed by atoms with Gasteiger partial charge in [0.1, 0.15) is 0 Å². The zero-order valence-electron chi connectivity index (χ0n) is 5.04. The van der Waals surface area contributed by atoms with Crippen LogP contribution in [0, 0.1) is 0 Å². The largest absolute Gasteiger partial charge is 1.00 e. The Morgan fingerprint density at radius 1 is 1.56 bits per heavy atom. The van der Waals surface area contributed by atoms with Gasteiger partial charge in [0.25, 0.3) is 10.1 Å². The third-order valence-corrected chi connectivity index (χ3v) is 0.985. The van der Waals surface area contributed by atoms with Gasteiger partial charge >= 0.3 is 29.6 Å². The van der Waals surface area contributed by atoms with E-state index < -0.39 is 10.1 Å². The van der Waals surface area contributed by atoms with Crippen LogP contribution in [0.4, 0.5) is 0 Å². The van der Waals surface area contributed by atoms with Gasteiger partial charge in [0.05, 0.1) is 5.75 Å². The summed E-state index contributed by atoms with van der Waals surface area (Å²) in [7, 11) is -3.79. The molecule has 0 aromatic carbocycles. The van der Waals surface area contributed by atoms with E-state index in [1.54, 1.807) is 0 Å².